The fourth-order valence-electron chi connectivity index (χ4n) is 4.86. The maximum absolute atomic E-state index is 13.8. The maximum atomic E-state index is 13.8. The molecule has 1 aliphatic heterocycles. The van der Waals surface area contributed by atoms with Gasteiger partial charge in [0, 0.05) is 11.5 Å². The third kappa shape index (κ3) is 2.39. The third-order valence-electron chi connectivity index (χ3n) is 6.19. The smallest absolute Gasteiger partial charge is 0.442 e. The van der Waals surface area contributed by atoms with Crippen LogP contribution in [0.2, 0.25) is 0 Å². The number of hydrogen-bond donors (Lipinski definition) is 1. The average molecular weight is 424 g/mol. The molecule has 1 saturated heterocycles. The van der Waals surface area contributed by atoms with Crippen molar-refractivity contribution in [1.82, 2.24) is 0 Å². The fraction of sp³-hybridized carbons (Fsp3) is 0.556. The number of rotatable bonds is 3. The van der Waals surface area contributed by atoms with Gasteiger partial charge in [-0.2, -0.15) is 26.3 Å². The fourth-order valence-corrected chi connectivity index (χ4v) is 4.86. The Morgan fingerprint density at radius 2 is 1.69 bits per heavy atom. The highest BCUT2D eigenvalue weighted by Crippen LogP contribution is 2.63. The van der Waals surface area contributed by atoms with E-state index in [9.17, 15) is 41.0 Å². The normalized spacial score (nSPS) is 33.7. The summed E-state index contributed by atoms with van der Waals surface area (Å²) in [6.07, 6.45) is -14.7. The lowest BCUT2D eigenvalue weighted by Gasteiger charge is -2.39. The second-order valence-corrected chi connectivity index (χ2v) is 7.57. The Labute approximate surface area is 159 Å². The number of fused-ring (bicyclic) bond motifs is 1. The molecule has 1 aromatic rings. The number of aliphatic hydroxyl groups excluding tert-OH is 1. The quantitative estimate of drug-likeness (QED) is 0.459. The van der Waals surface area contributed by atoms with Crippen LogP contribution in [0.15, 0.2) is 30.3 Å². The first-order valence-corrected chi connectivity index (χ1v) is 8.68. The van der Waals surface area contributed by atoms with E-state index in [1.54, 1.807) is 0 Å². The van der Waals surface area contributed by atoms with Crippen LogP contribution in [0.25, 0.3) is 0 Å². The lowest BCUT2D eigenvalue weighted by molar-refractivity contribution is -0.379. The van der Waals surface area contributed by atoms with Crippen molar-refractivity contribution in [3.05, 3.63) is 35.9 Å². The first-order valence-electron chi connectivity index (χ1n) is 8.68. The second-order valence-electron chi connectivity index (χ2n) is 7.57. The summed E-state index contributed by atoms with van der Waals surface area (Å²) in [6.45, 7) is 0. The van der Waals surface area contributed by atoms with Crippen LogP contribution in [0.1, 0.15) is 18.4 Å². The maximum Gasteiger partial charge on any atom is 0.442 e. The summed E-state index contributed by atoms with van der Waals surface area (Å²) in [7, 11) is 0. The zero-order valence-electron chi connectivity index (χ0n) is 14.5. The minimum Gasteiger partial charge on any atom is -0.458 e. The number of halogens is 6. The van der Waals surface area contributed by atoms with Crippen molar-refractivity contribution < 1.29 is 50.5 Å². The third-order valence-corrected chi connectivity index (χ3v) is 6.19. The van der Waals surface area contributed by atoms with Crippen molar-refractivity contribution in [3.63, 3.8) is 0 Å². The Hall–Kier alpha value is -2.30. The Kier molecular flexibility index (Phi) is 4.04. The summed E-state index contributed by atoms with van der Waals surface area (Å²) in [5, 5.41) is 10.00. The largest absolute Gasteiger partial charge is 0.458 e. The van der Waals surface area contributed by atoms with Gasteiger partial charge < -0.3 is 14.6 Å². The summed E-state index contributed by atoms with van der Waals surface area (Å²) < 4.78 is 92.2. The molecule has 1 N–H and O–H groups in total. The van der Waals surface area contributed by atoms with Gasteiger partial charge in [-0.15, -0.1) is 0 Å². The van der Waals surface area contributed by atoms with E-state index in [1.807, 2.05) is 0 Å². The van der Waals surface area contributed by atoms with Crippen LogP contribution in [0.5, 0.6) is 0 Å². The molecule has 3 fully saturated rings. The van der Waals surface area contributed by atoms with E-state index in [2.05, 4.69) is 4.74 Å². The number of hydrogen-bond acceptors (Lipinski definition) is 5. The summed E-state index contributed by atoms with van der Waals surface area (Å²) in [5.74, 6) is -4.88. The number of aliphatic hydroxyl groups is 1. The molecule has 5 nitrogen and oxygen atoms in total. The highest BCUT2D eigenvalue weighted by molar-refractivity contribution is 6.03. The molecule has 3 aliphatic rings. The van der Waals surface area contributed by atoms with Gasteiger partial charge in [0.25, 0.3) is 0 Å². The van der Waals surface area contributed by atoms with Crippen molar-refractivity contribution >= 4 is 11.9 Å². The van der Waals surface area contributed by atoms with Crippen molar-refractivity contribution in [2.45, 2.75) is 43.0 Å². The van der Waals surface area contributed by atoms with E-state index in [1.165, 1.54) is 6.07 Å². The van der Waals surface area contributed by atoms with Gasteiger partial charge >= 0.3 is 29.9 Å². The predicted octanol–water partition coefficient (Wildman–Crippen LogP) is 2.86. The summed E-state index contributed by atoms with van der Waals surface area (Å²) >= 11 is 0. The first-order chi connectivity index (χ1) is 13.4. The number of alkyl halides is 6. The highest BCUT2D eigenvalue weighted by atomic mass is 19.4. The molecule has 5 atom stereocenters. The van der Waals surface area contributed by atoms with Gasteiger partial charge in [-0.05, 0) is 18.8 Å². The van der Waals surface area contributed by atoms with E-state index < -0.39 is 71.3 Å². The molecule has 29 heavy (non-hydrogen) atoms. The van der Waals surface area contributed by atoms with Gasteiger partial charge in [-0.25, -0.2) is 0 Å². The predicted molar refractivity (Wildman–Crippen MR) is 80.9 cm³/mol. The van der Waals surface area contributed by atoms with Crippen molar-refractivity contribution in [1.29, 1.82) is 0 Å². The van der Waals surface area contributed by atoms with E-state index in [0.29, 0.717) is 12.1 Å². The monoisotopic (exact) mass is 424 g/mol. The molecule has 2 aliphatic carbocycles. The molecule has 1 heterocycles. The van der Waals surface area contributed by atoms with E-state index >= 15 is 0 Å². The van der Waals surface area contributed by atoms with Gasteiger partial charge in [-0.1, -0.05) is 30.3 Å². The molecule has 0 aromatic heterocycles. The van der Waals surface area contributed by atoms with E-state index in [4.69, 9.17) is 4.74 Å². The molecule has 1 aromatic carbocycles. The molecule has 5 unspecified atom stereocenters. The van der Waals surface area contributed by atoms with E-state index in [0.717, 1.165) is 12.1 Å². The van der Waals surface area contributed by atoms with Crippen LogP contribution in [-0.2, 0) is 24.7 Å². The number of esters is 2. The molecular weight excluding hydrogens is 410 g/mol. The summed E-state index contributed by atoms with van der Waals surface area (Å²) in [4.78, 5) is 25.1. The Morgan fingerprint density at radius 1 is 1.10 bits per heavy atom. The van der Waals surface area contributed by atoms with Gasteiger partial charge in [0.15, 0.2) is 5.41 Å². The van der Waals surface area contributed by atoms with Crippen LogP contribution in [-0.4, -0.2) is 41.6 Å². The van der Waals surface area contributed by atoms with Gasteiger partial charge in [0.1, 0.15) is 6.10 Å². The lowest BCUT2D eigenvalue weighted by Crippen LogP contribution is -2.59. The second kappa shape index (κ2) is 5.87. The average Bonchev–Trinajstić information content (AvgIpc) is 3.21. The Balaban J connectivity index is 1.81. The van der Waals surface area contributed by atoms with Gasteiger partial charge in [0.2, 0.25) is 0 Å². The molecule has 158 valence electrons. The minimum atomic E-state index is -6.06. The Morgan fingerprint density at radius 3 is 2.21 bits per heavy atom. The topological polar surface area (TPSA) is 72.8 Å². The highest BCUT2D eigenvalue weighted by Gasteiger charge is 2.79. The SMILES string of the molecule is O=C1OC2C(O)C3CC2C1(C(=O)OC(c1ccccc1)(C(F)(F)F)C(F)(F)F)C3. The zero-order valence-corrected chi connectivity index (χ0v) is 14.5. The molecule has 0 spiro atoms. The zero-order chi connectivity index (χ0) is 21.4. The van der Waals surface area contributed by atoms with Gasteiger partial charge in [0.05, 0.1) is 6.10 Å². The van der Waals surface area contributed by atoms with Crippen molar-refractivity contribution in [3.8, 4) is 0 Å². The van der Waals surface area contributed by atoms with Crippen molar-refractivity contribution in [2.24, 2.45) is 17.3 Å². The standard InChI is InChI=1S/C18H14F6O5/c19-17(20,21)16(18(22,23)24,9-4-2-1-3-5-9)29-14(27)15-7-8-6-10(15)12(11(8)25)28-13(15)26/h1-5,8,10-12,25H,6-7H2. The molecular formula is C18H14F6O5. The van der Waals surface area contributed by atoms with Crippen LogP contribution in [0.4, 0.5) is 26.3 Å². The van der Waals surface area contributed by atoms with Crippen LogP contribution < -0.4 is 0 Å². The first kappa shape index (κ1) is 20.0. The van der Waals surface area contributed by atoms with Crippen LogP contribution in [0, 0.1) is 17.3 Å². The summed E-state index contributed by atoms with van der Waals surface area (Å²) in [6, 6.07) is 4.19. The molecule has 11 heteroatoms. The molecule has 0 amide bonds. The molecule has 4 rings (SSSR count). The van der Waals surface area contributed by atoms with E-state index in [-0.39, 0.29) is 6.42 Å². The van der Waals surface area contributed by atoms with Crippen LogP contribution in [0.3, 0.4) is 0 Å². The molecule has 2 bridgehead atoms. The number of carbonyl (C=O) groups is 2. The summed E-state index contributed by atoms with van der Waals surface area (Å²) in [5.41, 5.74) is -8.58. The minimum absolute atomic E-state index is 0.0725. The number of carbonyl (C=O) groups excluding carboxylic acids is 2. The molecule has 2 saturated carbocycles. The van der Waals surface area contributed by atoms with Crippen LogP contribution >= 0.6 is 0 Å². The number of ether oxygens (including phenoxy) is 2. The lowest BCUT2D eigenvalue weighted by atomic mass is 9.73. The Bertz CT molecular complexity index is 837. The van der Waals surface area contributed by atoms with Crippen molar-refractivity contribution in [2.75, 3.05) is 0 Å². The number of benzene rings is 1. The van der Waals surface area contributed by atoms with Gasteiger partial charge in [-0.3, -0.25) is 9.59 Å². The molecule has 0 radical (unpaired) electrons.